The van der Waals surface area contributed by atoms with Crippen LogP contribution >= 0.6 is 0 Å². The van der Waals surface area contributed by atoms with E-state index in [1.54, 1.807) is 7.11 Å². The van der Waals surface area contributed by atoms with E-state index in [0.717, 1.165) is 25.3 Å². The summed E-state index contributed by atoms with van der Waals surface area (Å²) in [5.74, 6) is 0. The van der Waals surface area contributed by atoms with Gasteiger partial charge in [0, 0.05) is 31.6 Å². The van der Waals surface area contributed by atoms with Crippen LogP contribution in [0.15, 0.2) is 18.3 Å². The summed E-state index contributed by atoms with van der Waals surface area (Å²) in [6.45, 7) is 5.82. The van der Waals surface area contributed by atoms with Gasteiger partial charge in [0.2, 0.25) is 0 Å². The second-order valence-electron chi connectivity index (χ2n) is 3.69. The van der Waals surface area contributed by atoms with E-state index in [9.17, 15) is 0 Å². The molecule has 0 spiro atoms. The maximum absolute atomic E-state index is 5.14. The first-order chi connectivity index (χ1) is 7.27. The summed E-state index contributed by atoms with van der Waals surface area (Å²) in [7, 11) is 1.74. The molecule has 0 radical (unpaired) electrons. The van der Waals surface area contributed by atoms with Crippen molar-refractivity contribution in [1.82, 2.24) is 10.3 Å². The fourth-order valence-corrected chi connectivity index (χ4v) is 1.48. The highest BCUT2D eigenvalue weighted by atomic mass is 16.5. The minimum Gasteiger partial charge on any atom is -0.383 e. The van der Waals surface area contributed by atoms with Crippen LogP contribution in [0.4, 0.5) is 0 Å². The van der Waals surface area contributed by atoms with E-state index in [4.69, 9.17) is 4.74 Å². The van der Waals surface area contributed by atoms with E-state index >= 15 is 0 Å². The molecule has 1 aromatic rings. The molecule has 1 atom stereocenters. The van der Waals surface area contributed by atoms with Gasteiger partial charge in [0.25, 0.3) is 0 Å². The monoisotopic (exact) mass is 208 g/mol. The van der Waals surface area contributed by atoms with Crippen LogP contribution in [0.25, 0.3) is 0 Å². The number of pyridine rings is 1. The predicted octanol–water partition coefficient (Wildman–Crippen LogP) is 1.90. The number of methoxy groups -OCH3 is 1. The van der Waals surface area contributed by atoms with Gasteiger partial charge in [0.1, 0.15) is 0 Å². The van der Waals surface area contributed by atoms with Crippen molar-refractivity contribution in [1.29, 1.82) is 0 Å². The number of nitrogens with one attached hydrogen (secondary N) is 1. The number of hydrogen-bond acceptors (Lipinski definition) is 3. The van der Waals surface area contributed by atoms with Gasteiger partial charge in [0.05, 0.1) is 6.61 Å². The first-order valence-electron chi connectivity index (χ1n) is 5.40. The Morgan fingerprint density at radius 3 is 2.93 bits per heavy atom. The van der Waals surface area contributed by atoms with Gasteiger partial charge in [-0.3, -0.25) is 4.98 Å². The number of nitrogens with zero attached hydrogens (tertiary/aromatic N) is 1. The molecule has 0 saturated heterocycles. The first kappa shape index (κ1) is 12.1. The third-order valence-corrected chi connectivity index (χ3v) is 2.56. The predicted molar refractivity (Wildman–Crippen MR) is 61.8 cm³/mol. The number of aromatic nitrogens is 1. The van der Waals surface area contributed by atoms with Crippen LogP contribution in [0, 0.1) is 6.92 Å². The molecule has 1 N–H and O–H groups in total. The Kier molecular flexibility index (Phi) is 5.29. The summed E-state index contributed by atoms with van der Waals surface area (Å²) >= 11 is 0. The quantitative estimate of drug-likeness (QED) is 0.775. The van der Waals surface area contributed by atoms with Gasteiger partial charge in [-0.15, -0.1) is 0 Å². The minimum absolute atomic E-state index is 0.426. The van der Waals surface area contributed by atoms with Gasteiger partial charge >= 0.3 is 0 Å². The highest BCUT2D eigenvalue weighted by molar-refractivity contribution is 5.17. The van der Waals surface area contributed by atoms with Crippen molar-refractivity contribution in [2.75, 3.05) is 13.7 Å². The van der Waals surface area contributed by atoms with Crippen LogP contribution in [0.2, 0.25) is 0 Å². The fourth-order valence-electron chi connectivity index (χ4n) is 1.48. The fraction of sp³-hybridized carbons (Fsp3) is 0.583. The molecule has 3 nitrogen and oxygen atoms in total. The van der Waals surface area contributed by atoms with Crippen LogP contribution in [-0.4, -0.2) is 24.7 Å². The zero-order chi connectivity index (χ0) is 11.1. The van der Waals surface area contributed by atoms with Crippen molar-refractivity contribution >= 4 is 0 Å². The molecule has 1 heterocycles. The Labute approximate surface area is 91.9 Å². The standard InChI is InChI=1S/C12H20N2O/c1-4-12(9-15-3)14-8-11-6-5-7-13-10(11)2/h5-7,12,14H,4,8-9H2,1-3H3. The Morgan fingerprint density at radius 1 is 1.53 bits per heavy atom. The Hall–Kier alpha value is -0.930. The summed E-state index contributed by atoms with van der Waals surface area (Å²) < 4.78 is 5.14. The topological polar surface area (TPSA) is 34.1 Å². The molecule has 3 heteroatoms. The smallest absolute Gasteiger partial charge is 0.0615 e. The SMILES string of the molecule is CCC(COC)NCc1cccnc1C. The lowest BCUT2D eigenvalue weighted by Crippen LogP contribution is -2.32. The number of ether oxygens (including phenoxy) is 1. The molecule has 0 saturated carbocycles. The molecule has 1 unspecified atom stereocenters. The number of rotatable bonds is 6. The van der Waals surface area contributed by atoms with Crippen molar-refractivity contribution in [3.05, 3.63) is 29.6 Å². The van der Waals surface area contributed by atoms with Crippen molar-refractivity contribution in [3.63, 3.8) is 0 Å². The van der Waals surface area contributed by atoms with Crippen molar-refractivity contribution in [2.24, 2.45) is 0 Å². The van der Waals surface area contributed by atoms with Gasteiger partial charge in [-0.25, -0.2) is 0 Å². The molecule has 0 bridgehead atoms. The summed E-state index contributed by atoms with van der Waals surface area (Å²) in [5.41, 5.74) is 2.35. The maximum atomic E-state index is 5.14. The molecule has 0 amide bonds. The highest BCUT2D eigenvalue weighted by Gasteiger charge is 2.05. The molecule has 0 aliphatic carbocycles. The first-order valence-corrected chi connectivity index (χ1v) is 5.40. The Bertz CT molecular complexity index is 289. The van der Waals surface area contributed by atoms with Crippen LogP contribution in [0.3, 0.4) is 0 Å². The normalized spacial score (nSPS) is 12.7. The second-order valence-corrected chi connectivity index (χ2v) is 3.69. The highest BCUT2D eigenvalue weighted by Crippen LogP contribution is 2.04. The van der Waals surface area contributed by atoms with E-state index in [0.29, 0.717) is 6.04 Å². The number of hydrogen-bond donors (Lipinski definition) is 1. The molecule has 1 aromatic heterocycles. The molecular weight excluding hydrogens is 188 g/mol. The largest absolute Gasteiger partial charge is 0.383 e. The summed E-state index contributed by atoms with van der Waals surface area (Å²) in [5, 5.41) is 3.46. The molecule has 15 heavy (non-hydrogen) atoms. The molecular formula is C12H20N2O. The van der Waals surface area contributed by atoms with Crippen LogP contribution < -0.4 is 5.32 Å². The van der Waals surface area contributed by atoms with E-state index in [2.05, 4.69) is 23.3 Å². The third kappa shape index (κ3) is 3.98. The van der Waals surface area contributed by atoms with E-state index < -0.39 is 0 Å². The van der Waals surface area contributed by atoms with Gasteiger partial charge in [0.15, 0.2) is 0 Å². The van der Waals surface area contributed by atoms with E-state index in [1.165, 1.54) is 5.56 Å². The van der Waals surface area contributed by atoms with Gasteiger partial charge < -0.3 is 10.1 Å². The lowest BCUT2D eigenvalue weighted by atomic mass is 10.2. The zero-order valence-corrected chi connectivity index (χ0v) is 9.79. The zero-order valence-electron chi connectivity index (χ0n) is 9.79. The average molecular weight is 208 g/mol. The van der Waals surface area contributed by atoms with Crippen LogP contribution in [-0.2, 0) is 11.3 Å². The molecule has 0 aliphatic rings. The Balaban J connectivity index is 2.45. The van der Waals surface area contributed by atoms with Crippen molar-refractivity contribution < 1.29 is 4.74 Å². The lowest BCUT2D eigenvalue weighted by Gasteiger charge is -2.16. The van der Waals surface area contributed by atoms with Crippen molar-refractivity contribution in [3.8, 4) is 0 Å². The third-order valence-electron chi connectivity index (χ3n) is 2.56. The van der Waals surface area contributed by atoms with Crippen LogP contribution in [0.1, 0.15) is 24.6 Å². The minimum atomic E-state index is 0.426. The summed E-state index contributed by atoms with van der Waals surface area (Å²) in [4.78, 5) is 4.26. The summed E-state index contributed by atoms with van der Waals surface area (Å²) in [6, 6.07) is 4.51. The summed E-state index contributed by atoms with van der Waals surface area (Å²) in [6.07, 6.45) is 2.90. The molecule has 1 rings (SSSR count). The van der Waals surface area contributed by atoms with Crippen LogP contribution in [0.5, 0.6) is 0 Å². The molecule has 0 fully saturated rings. The second kappa shape index (κ2) is 6.53. The van der Waals surface area contributed by atoms with Gasteiger partial charge in [-0.1, -0.05) is 13.0 Å². The molecule has 0 aliphatic heterocycles. The Morgan fingerprint density at radius 2 is 2.33 bits per heavy atom. The van der Waals surface area contributed by atoms with E-state index in [1.807, 2.05) is 19.2 Å². The molecule has 0 aromatic carbocycles. The average Bonchev–Trinajstić information content (AvgIpc) is 2.26. The van der Waals surface area contributed by atoms with Crippen molar-refractivity contribution in [2.45, 2.75) is 32.9 Å². The molecule has 84 valence electrons. The van der Waals surface area contributed by atoms with E-state index in [-0.39, 0.29) is 0 Å². The maximum Gasteiger partial charge on any atom is 0.0615 e. The van der Waals surface area contributed by atoms with Gasteiger partial charge in [-0.05, 0) is 25.0 Å². The van der Waals surface area contributed by atoms with Gasteiger partial charge in [-0.2, -0.15) is 0 Å². The lowest BCUT2D eigenvalue weighted by molar-refractivity contribution is 0.164. The number of aryl methyl sites for hydroxylation is 1.